The second-order valence-corrected chi connectivity index (χ2v) is 3.12. The third-order valence-electron chi connectivity index (χ3n) is 1.90. The van der Waals surface area contributed by atoms with Crippen molar-refractivity contribution >= 4 is 11.6 Å². The average molecular weight is 218 g/mol. The summed E-state index contributed by atoms with van der Waals surface area (Å²) in [6.45, 7) is 0.745. The first-order valence-corrected chi connectivity index (χ1v) is 4.90. The fourth-order valence-electron chi connectivity index (χ4n) is 1.16. The van der Waals surface area contributed by atoms with E-state index in [9.17, 15) is 4.39 Å². The number of ether oxygens (including phenoxy) is 1. The molecule has 0 aliphatic heterocycles. The third-order valence-corrected chi connectivity index (χ3v) is 2.09. The topological polar surface area (TPSA) is 21.3 Å². The quantitative estimate of drug-likeness (QED) is 0.464. The van der Waals surface area contributed by atoms with Crippen LogP contribution in [-0.4, -0.2) is 19.7 Å². The Morgan fingerprint density at radius 2 is 2.29 bits per heavy atom. The van der Waals surface area contributed by atoms with Gasteiger partial charge in [-0.05, 0) is 24.1 Å². The maximum absolute atomic E-state index is 13.2. The molecule has 0 unspecified atom stereocenters. The van der Waals surface area contributed by atoms with Crippen LogP contribution in [0.2, 0.25) is 0 Å². The summed E-state index contributed by atoms with van der Waals surface area (Å²) in [6.07, 6.45) is 0.758. The summed E-state index contributed by atoms with van der Waals surface area (Å²) in [5.74, 6) is -0.0464. The Hall–Kier alpha value is -0.800. The van der Waals surface area contributed by atoms with Crippen molar-refractivity contribution in [3.05, 3.63) is 29.6 Å². The normalized spacial score (nSPS) is 10.2. The van der Waals surface area contributed by atoms with E-state index in [0.717, 1.165) is 18.5 Å². The second kappa shape index (κ2) is 5.83. The molecule has 0 aliphatic rings. The molecule has 0 aromatic heterocycles. The van der Waals surface area contributed by atoms with E-state index < -0.39 is 0 Å². The van der Waals surface area contributed by atoms with Gasteiger partial charge in [0.2, 0.25) is 0 Å². The highest BCUT2D eigenvalue weighted by atomic mass is 35.5. The summed E-state index contributed by atoms with van der Waals surface area (Å²) in [6, 6.07) is 5.37. The van der Waals surface area contributed by atoms with Crippen molar-refractivity contribution in [3.8, 4) is 5.75 Å². The predicted octanol–water partition coefficient (Wildman–Crippen LogP) is 2.16. The van der Waals surface area contributed by atoms with Crippen molar-refractivity contribution in [2.24, 2.45) is 0 Å². The molecule has 1 rings (SSSR count). The van der Waals surface area contributed by atoms with Crippen LogP contribution in [0.1, 0.15) is 5.56 Å². The van der Waals surface area contributed by atoms with E-state index in [1.54, 1.807) is 6.07 Å². The van der Waals surface area contributed by atoms with Gasteiger partial charge in [-0.25, -0.2) is 4.39 Å². The molecule has 1 N–H and O–H groups in total. The zero-order valence-corrected chi connectivity index (χ0v) is 8.77. The summed E-state index contributed by atoms with van der Waals surface area (Å²) in [7, 11) is 1.45. The maximum Gasteiger partial charge on any atom is 0.165 e. The molecule has 1 aromatic carbocycles. The van der Waals surface area contributed by atoms with Crippen molar-refractivity contribution in [2.45, 2.75) is 6.42 Å². The SMILES string of the molecule is COc1ccc(CCNCCl)cc1F. The van der Waals surface area contributed by atoms with Gasteiger partial charge in [0.1, 0.15) is 0 Å². The Morgan fingerprint density at radius 1 is 1.50 bits per heavy atom. The minimum Gasteiger partial charge on any atom is -0.494 e. The molecule has 0 radical (unpaired) electrons. The van der Waals surface area contributed by atoms with Gasteiger partial charge in [-0.2, -0.15) is 0 Å². The first kappa shape index (κ1) is 11.3. The number of hydrogen-bond donors (Lipinski definition) is 1. The van der Waals surface area contributed by atoms with Crippen LogP contribution in [0.15, 0.2) is 18.2 Å². The molecule has 0 spiro atoms. The lowest BCUT2D eigenvalue weighted by Gasteiger charge is -2.05. The molecule has 0 heterocycles. The highest BCUT2D eigenvalue weighted by Gasteiger charge is 2.02. The predicted molar refractivity (Wildman–Crippen MR) is 55.4 cm³/mol. The highest BCUT2D eigenvalue weighted by Crippen LogP contribution is 2.17. The molecular formula is C10H13ClFNO. The van der Waals surface area contributed by atoms with Gasteiger partial charge in [0, 0.05) is 6.54 Å². The Bertz CT molecular complexity index is 293. The van der Waals surface area contributed by atoms with Gasteiger partial charge in [-0.1, -0.05) is 6.07 Å². The number of rotatable bonds is 5. The smallest absolute Gasteiger partial charge is 0.165 e. The Kier molecular flexibility index (Phi) is 4.70. The fraction of sp³-hybridized carbons (Fsp3) is 0.400. The van der Waals surface area contributed by atoms with Crippen molar-refractivity contribution in [1.82, 2.24) is 5.32 Å². The van der Waals surface area contributed by atoms with Crippen LogP contribution in [0.4, 0.5) is 4.39 Å². The highest BCUT2D eigenvalue weighted by molar-refractivity contribution is 6.17. The molecule has 0 amide bonds. The summed E-state index contributed by atoms with van der Waals surface area (Å²) in [4.78, 5) is 0. The lowest BCUT2D eigenvalue weighted by atomic mass is 10.1. The molecule has 2 nitrogen and oxygen atoms in total. The molecule has 14 heavy (non-hydrogen) atoms. The van der Waals surface area contributed by atoms with Crippen molar-refractivity contribution in [3.63, 3.8) is 0 Å². The molecule has 0 aliphatic carbocycles. The van der Waals surface area contributed by atoms with E-state index >= 15 is 0 Å². The second-order valence-electron chi connectivity index (χ2n) is 2.85. The maximum atomic E-state index is 13.2. The minimum absolute atomic E-state index is 0.277. The van der Waals surface area contributed by atoms with Crippen LogP contribution in [0.25, 0.3) is 0 Å². The third kappa shape index (κ3) is 3.16. The number of hydrogen-bond acceptors (Lipinski definition) is 2. The Labute approximate surface area is 88.0 Å². The number of alkyl halides is 1. The van der Waals surface area contributed by atoms with Crippen LogP contribution in [0.3, 0.4) is 0 Å². The van der Waals surface area contributed by atoms with Gasteiger partial charge in [0.25, 0.3) is 0 Å². The molecular weight excluding hydrogens is 205 g/mol. The zero-order valence-electron chi connectivity index (χ0n) is 8.02. The summed E-state index contributed by atoms with van der Waals surface area (Å²) < 4.78 is 18.0. The molecule has 0 bridgehead atoms. The van der Waals surface area contributed by atoms with Crippen molar-refractivity contribution in [2.75, 3.05) is 19.7 Å². The van der Waals surface area contributed by atoms with Gasteiger partial charge in [0.15, 0.2) is 11.6 Å². The first-order valence-electron chi connectivity index (χ1n) is 4.37. The van der Waals surface area contributed by atoms with Gasteiger partial charge >= 0.3 is 0 Å². The first-order chi connectivity index (χ1) is 6.77. The molecule has 0 fully saturated rings. The summed E-state index contributed by atoms with van der Waals surface area (Å²) in [5.41, 5.74) is 0.931. The number of benzene rings is 1. The number of nitrogens with one attached hydrogen (secondary N) is 1. The van der Waals surface area contributed by atoms with Crippen LogP contribution in [0.5, 0.6) is 5.75 Å². The van der Waals surface area contributed by atoms with E-state index in [1.165, 1.54) is 13.2 Å². The molecule has 4 heteroatoms. The Morgan fingerprint density at radius 3 is 2.86 bits per heavy atom. The van der Waals surface area contributed by atoms with Crippen LogP contribution < -0.4 is 10.1 Å². The van der Waals surface area contributed by atoms with Crippen molar-refractivity contribution < 1.29 is 9.13 Å². The van der Waals surface area contributed by atoms with Crippen LogP contribution in [-0.2, 0) is 6.42 Å². The van der Waals surface area contributed by atoms with E-state index in [4.69, 9.17) is 16.3 Å². The minimum atomic E-state index is -0.323. The lowest BCUT2D eigenvalue weighted by molar-refractivity contribution is 0.386. The van der Waals surface area contributed by atoms with Crippen molar-refractivity contribution in [1.29, 1.82) is 0 Å². The van der Waals surface area contributed by atoms with E-state index in [1.807, 2.05) is 6.07 Å². The average Bonchev–Trinajstić information content (AvgIpc) is 2.18. The van der Waals surface area contributed by atoms with E-state index in [2.05, 4.69) is 5.32 Å². The zero-order chi connectivity index (χ0) is 10.4. The van der Waals surface area contributed by atoms with E-state index in [0.29, 0.717) is 6.00 Å². The van der Waals surface area contributed by atoms with Gasteiger partial charge in [-0.15, -0.1) is 11.6 Å². The molecule has 1 aromatic rings. The Balaban J connectivity index is 2.57. The standard InChI is InChI=1S/C10H13ClFNO/c1-14-10-3-2-8(6-9(10)12)4-5-13-7-11/h2-3,6,13H,4-5,7H2,1H3. The largest absolute Gasteiger partial charge is 0.494 e. The molecule has 0 saturated carbocycles. The summed E-state index contributed by atoms with van der Waals surface area (Å²) >= 11 is 5.44. The molecule has 0 saturated heterocycles. The van der Waals surface area contributed by atoms with Crippen LogP contribution in [0, 0.1) is 5.82 Å². The van der Waals surface area contributed by atoms with Crippen LogP contribution >= 0.6 is 11.6 Å². The lowest BCUT2D eigenvalue weighted by Crippen LogP contribution is -2.14. The van der Waals surface area contributed by atoms with Gasteiger partial charge < -0.3 is 10.1 Å². The fourth-order valence-corrected chi connectivity index (χ4v) is 1.30. The molecule has 78 valence electrons. The number of halogens is 2. The monoisotopic (exact) mass is 217 g/mol. The summed E-state index contributed by atoms with van der Waals surface area (Å²) in [5, 5.41) is 2.96. The van der Waals surface area contributed by atoms with Gasteiger partial charge in [0.05, 0.1) is 13.1 Å². The number of methoxy groups -OCH3 is 1. The molecule has 0 atom stereocenters. The van der Waals surface area contributed by atoms with Gasteiger partial charge in [-0.3, -0.25) is 0 Å². The van der Waals surface area contributed by atoms with E-state index in [-0.39, 0.29) is 11.6 Å².